The molecule has 0 saturated carbocycles. The minimum Gasteiger partial charge on any atom is -0.372 e. The summed E-state index contributed by atoms with van der Waals surface area (Å²) >= 11 is 0. The number of hydrazine groups is 1. The largest absolute Gasteiger partial charge is 0.372 e. The third-order valence-corrected chi connectivity index (χ3v) is 3.65. The smallest absolute Gasteiger partial charge is 0.247 e. The minimum absolute atomic E-state index is 0.0879. The van der Waals surface area contributed by atoms with Gasteiger partial charge in [-0.3, -0.25) is 9.80 Å². The summed E-state index contributed by atoms with van der Waals surface area (Å²) in [5.41, 5.74) is 1.88. The van der Waals surface area contributed by atoms with Gasteiger partial charge in [0.25, 0.3) is 0 Å². The van der Waals surface area contributed by atoms with Crippen LogP contribution in [0.1, 0.15) is 12.0 Å². The lowest BCUT2D eigenvalue weighted by Gasteiger charge is -2.31. The molecule has 21 heavy (non-hydrogen) atoms. The van der Waals surface area contributed by atoms with Crippen molar-refractivity contribution in [2.45, 2.75) is 19.1 Å². The Kier molecular flexibility index (Phi) is 3.88. The van der Waals surface area contributed by atoms with Crippen molar-refractivity contribution < 1.29 is 9.90 Å². The average molecular weight is 282 g/mol. The van der Waals surface area contributed by atoms with Crippen LogP contribution in [0, 0.1) is 0 Å². The fraction of sp³-hybridized carbons (Fsp3) is 0.235. The number of nitrogens with zero attached hydrogens (tertiary/aromatic N) is 2. The number of aliphatic hydroxyl groups is 1. The molecule has 1 aliphatic heterocycles. The number of rotatable bonds is 3. The summed E-state index contributed by atoms with van der Waals surface area (Å²) in [5.74, 6) is -0.0879. The van der Waals surface area contributed by atoms with Crippen LogP contribution >= 0.6 is 0 Å². The van der Waals surface area contributed by atoms with Crippen LogP contribution < -0.4 is 5.01 Å². The lowest BCUT2D eigenvalue weighted by molar-refractivity contribution is -0.138. The maximum absolute atomic E-state index is 12.5. The zero-order chi connectivity index (χ0) is 14.7. The molecule has 1 aliphatic rings. The summed E-state index contributed by atoms with van der Waals surface area (Å²) in [4.78, 5) is 12.5. The van der Waals surface area contributed by atoms with Gasteiger partial charge in [0.15, 0.2) is 0 Å². The zero-order valence-corrected chi connectivity index (χ0v) is 11.7. The molecule has 1 amide bonds. The van der Waals surface area contributed by atoms with E-state index in [1.165, 1.54) is 5.01 Å². The number of hydrogen-bond donors (Lipinski definition) is 1. The molecule has 1 atom stereocenters. The standard InChI is InChI=1S/C17H18N2O2/c20-16-11-12-18(15-9-5-2-6-10-15)19(16)17(21)13-14-7-3-1-4-8-14/h1-10,16,20H,11-13H2/t16-/m0/s1. The molecule has 0 aromatic heterocycles. The van der Waals surface area contributed by atoms with Gasteiger partial charge in [-0.05, 0) is 17.7 Å². The summed E-state index contributed by atoms with van der Waals surface area (Å²) in [7, 11) is 0. The molecule has 2 aromatic rings. The minimum atomic E-state index is -0.749. The lowest BCUT2D eigenvalue weighted by atomic mass is 10.1. The van der Waals surface area contributed by atoms with Crippen LogP contribution in [0.15, 0.2) is 60.7 Å². The van der Waals surface area contributed by atoms with E-state index in [4.69, 9.17) is 0 Å². The number of amides is 1. The van der Waals surface area contributed by atoms with E-state index in [9.17, 15) is 9.90 Å². The van der Waals surface area contributed by atoms with Crippen LogP contribution in [0.25, 0.3) is 0 Å². The molecule has 108 valence electrons. The number of aliphatic hydroxyl groups excluding tert-OH is 1. The Morgan fingerprint density at radius 2 is 1.67 bits per heavy atom. The van der Waals surface area contributed by atoms with E-state index in [2.05, 4.69) is 0 Å². The van der Waals surface area contributed by atoms with Crippen molar-refractivity contribution in [2.75, 3.05) is 11.6 Å². The first-order valence-electron chi connectivity index (χ1n) is 7.12. The van der Waals surface area contributed by atoms with E-state index in [1.54, 1.807) is 0 Å². The fourth-order valence-electron chi connectivity index (χ4n) is 2.63. The van der Waals surface area contributed by atoms with E-state index < -0.39 is 6.23 Å². The van der Waals surface area contributed by atoms with Crippen molar-refractivity contribution in [1.82, 2.24) is 5.01 Å². The molecule has 3 rings (SSSR count). The highest BCUT2D eigenvalue weighted by Crippen LogP contribution is 2.25. The molecule has 2 aromatic carbocycles. The molecule has 1 heterocycles. The Morgan fingerprint density at radius 3 is 2.33 bits per heavy atom. The first-order valence-corrected chi connectivity index (χ1v) is 7.12. The van der Waals surface area contributed by atoms with Gasteiger partial charge in [0, 0.05) is 13.0 Å². The molecule has 1 saturated heterocycles. The summed E-state index contributed by atoms with van der Waals surface area (Å²) in [6, 6.07) is 19.3. The summed E-state index contributed by atoms with van der Waals surface area (Å²) < 4.78 is 0. The van der Waals surface area contributed by atoms with Crippen molar-refractivity contribution in [1.29, 1.82) is 0 Å². The van der Waals surface area contributed by atoms with Crippen molar-refractivity contribution in [3.8, 4) is 0 Å². The Bertz CT molecular complexity index is 601. The average Bonchev–Trinajstić information content (AvgIpc) is 2.91. The maximum atomic E-state index is 12.5. The molecule has 4 nitrogen and oxygen atoms in total. The second-order valence-corrected chi connectivity index (χ2v) is 5.13. The van der Waals surface area contributed by atoms with Crippen molar-refractivity contribution in [3.05, 3.63) is 66.2 Å². The van der Waals surface area contributed by atoms with Gasteiger partial charge < -0.3 is 5.11 Å². The van der Waals surface area contributed by atoms with E-state index in [0.29, 0.717) is 19.4 Å². The van der Waals surface area contributed by atoms with Gasteiger partial charge in [-0.1, -0.05) is 48.5 Å². The van der Waals surface area contributed by atoms with E-state index in [-0.39, 0.29) is 5.91 Å². The van der Waals surface area contributed by atoms with Gasteiger partial charge >= 0.3 is 0 Å². The highest BCUT2D eigenvalue weighted by molar-refractivity contribution is 5.81. The van der Waals surface area contributed by atoms with Crippen molar-refractivity contribution in [2.24, 2.45) is 0 Å². The normalized spacial score (nSPS) is 18.0. The Hall–Kier alpha value is -2.33. The Labute approximate surface area is 124 Å². The molecular formula is C17H18N2O2. The van der Waals surface area contributed by atoms with Gasteiger partial charge in [-0.25, -0.2) is 5.01 Å². The Morgan fingerprint density at radius 1 is 1.05 bits per heavy atom. The predicted molar refractivity (Wildman–Crippen MR) is 81.4 cm³/mol. The third-order valence-electron chi connectivity index (χ3n) is 3.65. The molecule has 1 fully saturated rings. The third kappa shape index (κ3) is 2.90. The molecule has 0 bridgehead atoms. The quantitative estimate of drug-likeness (QED) is 0.938. The molecular weight excluding hydrogens is 264 g/mol. The summed E-state index contributed by atoms with van der Waals surface area (Å²) in [6.07, 6.45) is 0.109. The van der Waals surface area contributed by atoms with Crippen molar-refractivity contribution >= 4 is 11.6 Å². The SMILES string of the molecule is O=C(Cc1ccccc1)N1[C@@H](O)CCN1c1ccccc1. The van der Waals surface area contributed by atoms with Crippen LogP contribution in [0.5, 0.6) is 0 Å². The van der Waals surface area contributed by atoms with Gasteiger partial charge in [0.1, 0.15) is 6.23 Å². The van der Waals surface area contributed by atoms with E-state index in [0.717, 1.165) is 11.3 Å². The Balaban J connectivity index is 1.79. The molecule has 0 aliphatic carbocycles. The molecule has 0 spiro atoms. The first-order chi connectivity index (χ1) is 10.3. The summed E-state index contributed by atoms with van der Waals surface area (Å²) in [5, 5.41) is 13.5. The van der Waals surface area contributed by atoms with Crippen molar-refractivity contribution in [3.63, 3.8) is 0 Å². The molecule has 4 heteroatoms. The van der Waals surface area contributed by atoms with Gasteiger partial charge in [0.2, 0.25) is 5.91 Å². The van der Waals surface area contributed by atoms with Crippen LogP contribution in [0.3, 0.4) is 0 Å². The lowest BCUT2D eigenvalue weighted by Crippen LogP contribution is -2.46. The number of hydrogen-bond acceptors (Lipinski definition) is 3. The number of benzene rings is 2. The van der Waals surface area contributed by atoms with E-state index >= 15 is 0 Å². The van der Waals surface area contributed by atoms with Gasteiger partial charge in [-0.2, -0.15) is 0 Å². The summed E-state index contributed by atoms with van der Waals surface area (Å²) in [6.45, 7) is 0.645. The van der Waals surface area contributed by atoms with Crippen LogP contribution in [-0.4, -0.2) is 28.8 Å². The molecule has 1 N–H and O–H groups in total. The predicted octanol–water partition coefficient (Wildman–Crippen LogP) is 2.20. The second-order valence-electron chi connectivity index (χ2n) is 5.13. The highest BCUT2D eigenvalue weighted by atomic mass is 16.3. The fourth-order valence-corrected chi connectivity index (χ4v) is 2.63. The highest BCUT2D eigenvalue weighted by Gasteiger charge is 2.34. The molecule has 0 unspecified atom stereocenters. The molecule has 0 radical (unpaired) electrons. The number of carbonyl (C=O) groups excluding carboxylic acids is 1. The van der Waals surface area contributed by atoms with Crippen LogP contribution in [0.2, 0.25) is 0 Å². The topological polar surface area (TPSA) is 43.8 Å². The van der Waals surface area contributed by atoms with Crippen LogP contribution in [0.4, 0.5) is 5.69 Å². The monoisotopic (exact) mass is 282 g/mol. The van der Waals surface area contributed by atoms with E-state index in [1.807, 2.05) is 65.7 Å². The zero-order valence-electron chi connectivity index (χ0n) is 11.7. The van der Waals surface area contributed by atoms with Gasteiger partial charge in [0.05, 0.1) is 12.1 Å². The van der Waals surface area contributed by atoms with Gasteiger partial charge in [-0.15, -0.1) is 0 Å². The maximum Gasteiger partial charge on any atom is 0.247 e. The number of para-hydroxylation sites is 1. The second kappa shape index (κ2) is 5.97. The van der Waals surface area contributed by atoms with Crippen LogP contribution in [-0.2, 0) is 11.2 Å². The number of anilines is 1. The number of carbonyl (C=O) groups is 1. The first kappa shape index (κ1) is 13.6.